The van der Waals surface area contributed by atoms with Gasteiger partial charge in [0.15, 0.2) is 0 Å². The van der Waals surface area contributed by atoms with Gasteiger partial charge in [-0.3, -0.25) is 4.79 Å². The minimum absolute atomic E-state index is 0.297. The Kier molecular flexibility index (Phi) is 4.68. The molecule has 20 heavy (non-hydrogen) atoms. The molecule has 0 unspecified atom stereocenters. The lowest BCUT2D eigenvalue weighted by Crippen LogP contribution is -2.12. The van der Waals surface area contributed by atoms with Crippen molar-refractivity contribution < 1.29 is 14.3 Å². The molecule has 0 fully saturated rings. The van der Waals surface area contributed by atoms with E-state index in [-0.39, 0.29) is 5.91 Å². The minimum atomic E-state index is -0.483. The van der Waals surface area contributed by atoms with Gasteiger partial charge in [0.1, 0.15) is 0 Å². The van der Waals surface area contributed by atoms with E-state index in [9.17, 15) is 9.59 Å². The molecule has 4 nitrogen and oxygen atoms in total. The van der Waals surface area contributed by atoms with Crippen molar-refractivity contribution in [1.82, 2.24) is 0 Å². The van der Waals surface area contributed by atoms with Crippen molar-refractivity contribution in [2.24, 2.45) is 0 Å². The summed E-state index contributed by atoms with van der Waals surface area (Å²) in [5.74, 6) is -0.780. The first-order valence-corrected chi connectivity index (χ1v) is 6.78. The van der Waals surface area contributed by atoms with Crippen molar-refractivity contribution in [1.29, 1.82) is 0 Å². The number of anilines is 1. The third-order valence-electron chi connectivity index (χ3n) is 2.53. The summed E-state index contributed by atoms with van der Waals surface area (Å²) in [6.07, 6.45) is 3.15. The number of carbonyl (C=O) groups is 2. The molecule has 0 aliphatic heterocycles. The zero-order valence-electron chi connectivity index (χ0n) is 10.8. The number of rotatable bonds is 4. The van der Waals surface area contributed by atoms with Crippen LogP contribution in [0.25, 0.3) is 6.08 Å². The van der Waals surface area contributed by atoms with E-state index in [1.807, 2.05) is 17.5 Å². The molecule has 0 radical (unpaired) electrons. The topological polar surface area (TPSA) is 55.4 Å². The van der Waals surface area contributed by atoms with Gasteiger partial charge in [-0.1, -0.05) is 18.2 Å². The number of esters is 1. The van der Waals surface area contributed by atoms with Gasteiger partial charge in [-0.15, -0.1) is 11.3 Å². The molecule has 0 atom stereocenters. The van der Waals surface area contributed by atoms with Gasteiger partial charge >= 0.3 is 5.97 Å². The Morgan fingerprint density at radius 2 is 2.00 bits per heavy atom. The first kappa shape index (κ1) is 14.0. The Bertz CT molecular complexity index is 632. The summed E-state index contributed by atoms with van der Waals surface area (Å²) in [6.45, 7) is 0. The first-order chi connectivity index (χ1) is 9.70. The highest BCUT2D eigenvalue weighted by atomic mass is 32.1. The Morgan fingerprint density at radius 3 is 2.70 bits per heavy atom. The summed E-state index contributed by atoms with van der Waals surface area (Å²) >= 11 is 1.54. The fourth-order valence-corrected chi connectivity index (χ4v) is 2.22. The van der Waals surface area contributed by atoms with Crippen LogP contribution in [0, 0.1) is 0 Å². The molecule has 0 aliphatic rings. The van der Waals surface area contributed by atoms with Crippen LogP contribution in [0.15, 0.2) is 47.9 Å². The Hall–Kier alpha value is -2.40. The number of carbonyl (C=O) groups excluding carboxylic acids is 2. The van der Waals surface area contributed by atoms with Crippen molar-refractivity contribution >= 4 is 35.0 Å². The van der Waals surface area contributed by atoms with E-state index in [0.29, 0.717) is 11.3 Å². The molecule has 1 N–H and O–H groups in total. The second kappa shape index (κ2) is 6.68. The molecule has 1 aromatic heterocycles. The van der Waals surface area contributed by atoms with Crippen molar-refractivity contribution in [2.45, 2.75) is 0 Å². The zero-order chi connectivity index (χ0) is 14.4. The highest BCUT2D eigenvalue weighted by molar-refractivity contribution is 7.10. The van der Waals surface area contributed by atoms with Gasteiger partial charge in [0.2, 0.25) is 5.91 Å². The Balaban J connectivity index is 2.10. The highest BCUT2D eigenvalue weighted by Gasteiger charge is 2.11. The normalized spacial score (nSPS) is 10.4. The summed E-state index contributed by atoms with van der Waals surface area (Å²) in [7, 11) is 1.30. The fraction of sp³-hybridized carbons (Fsp3) is 0.0667. The number of benzene rings is 1. The van der Waals surface area contributed by atoms with Crippen LogP contribution in [0.5, 0.6) is 0 Å². The van der Waals surface area contributed by atoms with Crippen LogP contribution in [-0.2, 0) is 9.53 Å². The highest BCUT2D eigenvalue weighted by Crippen LogP contribution is 2.16. The summed E-state index contributed by atoms with van der Waals surface area (Å²) in [5, 5.41) is 4.60. The van der Waals surface area contributed by atoms with Gasteiger partial charge < -0.3 is 10.1 Å². The number of hydrogen-bond donors (Lipinski definition) is 1. The van der Waals surface area contributed by atoms with Crippen LogP contribution in [-0.4, -0.2) is 19.0 Å². The van der Waals surface area contributed by atoms with E-state index < -0.39 is 5.97 Å². The van der Waals surface area contributed by atoms with Gasteiger partial charge in [0.05, 0.1) is 18.4 Å². The number of nitrogens with one attached hydrogen (secondary N) is 1. The summed E-state index contributed by atoms with van der Waals surface area (Å²) < 4.78 is 4.67. The lowest BCUT2D eigenvalue weighted by atomic mass is 10.2. The maximum absolute atomic E-state index is 11.8. The maximum Gasteiger partial charge on any atom is 0.339 e. The molecule has 0 bridgehead atoms. The standard InChI is InChI=1S/C15H13NO3S/c1-19-15(18)12-6-2-3-7-13(12)16-14(17)9-8-11-5-4-10-20-11/h2-10H,1H3,(H,16,17)/b9-8+. The Morgan fingerprint density at radius 1 is 1.20 bits per heavy atom. The summed E-state index contributed by atoms with van der Waals surface area (Å²) in [4.78, 5) is 24.4. The maximum atomic E-state index is 11.8. The monoisotopic (exact) mass is 287 g/mol. The van der Waals surface area contributed by atoms with E-state index in [0.717, 1.165) is 4.88 Å². The van der Waals surface area contributed by atoms with E-state index in [1.165, 1.54) is 13.2 Å². The third-order valence-corrected chi connectivity index (χ3v) is 3.37. The predicted molar refractivity (Wildman–Crippen MR) is 79.8 cm³/mol. The van der Waals surface area contributed by atoms with E-state index in [1.54, 1.807) is 41.7 Å². The van der Waals surface area contributed by atoms with Crippen LogP contribution in [0.3, 0.4) is 0 Å². The molecular formula is C15H13NO3S. The average molecular weight is 287 g/mol. The number of hydrogen-bond acceptors (Lipinski definition) is 4. The molecular weight excluding hydrogens is 274 g/mol. The van der Waals surface area contributed by atoms with Crippen LogP contribution >= 0.6 is 11.3 Å². The van der Waals surface area contributed by atoms with Gasteiger partial charge in [-0.2, -0.15) is 0 Å². The van der Waals surface area contributed by atoms with Gasteiger partial charge in [-0.25, -0.2) is 4.79 Å². The molecule has 5 heteroatoms. The minimum Gasteiger partial charge on any atom is -0.465 e. The third kappa shape index (κ3) is 3.55. The second-order valence-corrected chi connectivity index (χ2v) is 4.85. The first-order valence-electron chi connectivity index (χ1n) is 5.90. The lowest BCUT2D eigenvalue weighted by molar-refractivity contribution is -0.111. The largest absolute Gasteiger partial charge is 0.465 e. The van der Waals surface area contributed by atoms with E-state index in [4.69, 9.17) is 0 Å². The number of para-hydroxylation sites is 1. The molecule has 102 valence electrons. The van der Waals surface area contributed by atoms with Crippen molar-refractivity contribution in [3.63, 3.8) is 0 Å². The van der Waals surface area contributed by atoms with Crippen LogP contribution in [0.1, 0.15) is 15.2 Å². The Labute approximate surface area is 120 Å². The fourth-order valence-electron chi connectivity index (χ4n) is 1.60. The summed E-state index contributed by atoms with van der Waals surface area (Å²) in [5.41, 5.74) is 0.757. The number of thiophene rings is 1. The number of amides is 1. The molecule has 0 spiro atoms. The number of ether oxygens (including phenoxy) is 1. The van der Waals surface area contributed by atoms with Crippen LogP contribution < -0.4 is 5.32 Å². The molecule has 2 rings (SSSR count). The van der Waals surface area contributed by atoms with Crippen molar-refractivity contribution in [3.05, 3.63) is 58.3 Å². The average Bonchev–Trinajstić information content (AvgIpc) is 2.98. The lowest BCUT2D eigenvalue weighted by Gasteiger charge is -2.07. The second-order valence-electron chi connectivity index (χ2n) is 3.88. The molecule has 2 aromatic rings. The van der Waals surface area contributed by atoms with E-state index in [2.05, 4.69) is 10.1 Å². The zero-order valence-corrected chi connectivity index (χ0v) is 11.6. The van der Waals surface area contributed by atoms with Crippen LogP contribution in [0.4, 0.5) is 5.69 Å². The predicted octanol–water partition coefficient (Wildman–Crippen LogP) is 3.19. The smallest absolute Gasteiger partial charge is 0.339 e. The van der Waals surface area contributed by atoms with Gasteiger partial charge in [0.25, 0.3) is 0 Å². The molecule has 0 saturated carbocycles. The number of methoxy groups -OCH3 is 1. The quantitative estimate of drug-likeness (QED) is 0.694. The molecule has 1 amide bonds. The molecule has 1 heterocycles. The van der Waals surface area contributed by atoms with Crippen LogP contribution in [0.2, 0.25) is 0 Å². The van der Waals surface area contributed by atoms with Crippen molar-refractivity contribution in [3.8, 4) is 0 Å². The summed E-state index contributed by atoms with van der Waals surface area (Å²) in [6, 6.07) is 10.5. The van der Waals surface area contributed by atoms with Gasteiger partial charge in [-0.05, 0) is 29.7 Å². The van der Waals surface area contributed by atoms with Crippen molar-refractivity contribution in [2.75, 3.05) is 12.4 Å². The molecule has 1 aromatic carbocycles. The molecule has 0 aliphatic carbocycles. The van der Waals surface area contributed by atoms with Gasteiger partial charge in [0, 0.05) is 11.0 Å². The SMILES string of the molecule is COC(=O)c1ccccc1NC(=O)/C=C/c1cccs1. The van der Waals surface area contributed by atoms with E-state index >= 15 is 0 Å². The molecule has 0 saturated heterocycles.